The van der Waals surface area contributed by atoms with Gasteiger partial charge in [-0.1, -0.05) is 6.07 Å². The van der Waals surface area contributed by atoms with Gasteiger partial charge in [-0.05, 0) is 24.1 Å². The van der Waals surface area contributed by atoms with Gasteiger partial charge in [0.1, 0.15) is 6.04 Å². The molecule has 2 rings (SSSR count). The summed E-state index contributed by atoms with van der Waals surface area (Å²) in [5.41, 5.74) is 0.892. The molecule has 108 valence electrons. The number of methoxy groups -OCH3 is 1. The molecule has 0 aromatic heterocycles. The molecule has 1 saturated heterocycles. The van der Waals surface area contributed by atoms with Gasteiger partial charge in [-0.25, -0.2) is 4.79 Å². The van der Waals surface area contributed by atoms with Gasteiger partial charge < -0.3 is 19.9 Å². The first-order valence-corrected chi connectivity index (χ1v) is 6.42. The van der Waals surface area contributed by atoms with Gasteiger partial charge in [0.25, 0.3) is 0 Å². The average molecular weight is 279 g/mol. The number of benzene rings is 1. The van der Waals surface area contributed by atoms with Crippen LogP contribution in [0.5, 0.6) is 11.5 Å². The van der Waals surface area contributed by atoms with Crippen LogP contribution in [0.1, 0.15) is 18.4 Å². The lowest BCUT2D eigenvalue weighted by atomic mass is 10.1. The van der Waals surface area contributed by atoms with Gasteiger partial charge in [-0.2, -0.15) is 0 Å². The highest BCUT2D eigenvalue weighted by Gasteiger charge is 2.28. The van der Waals surface area contributed by atoms with Crippen LogP contribution in [0.4, 0.5) is 0 Å². The van der Waals surface area contributed by atoms with Gasteiger partial charge in [-0.15, -0.1) is 0 Å². The van der Waals surface area contributed by atoms with E-state index in [0.717, 1.165) is 5.56 Å². The monoisotopic (exact) mass is 279 g/mol. The molecule has 6 nitrogen and oxygen atoms in total. The van der Waals surface area contributed by atoms with Crippen molar-refractivity contribution in [3.05, 3.63) is 23.8 Å². The summed E-state index contributed by atoms with van der Waals surface area (Å²) in [6, 6.07) is 4.45. The minimum absolute atomic E-state index is 0.0712. The number of carbonyl (C=O) groups is 2. The van der Waals surface area contributed by atoms with Crippen LogP contribution in [0.25, 0.3) is 0 Å². The van der Waals surface area contributed by atoms with Crippen LogP contribution in [-0.4, -0.2) is 36.7 Å². The van der Waals surface area contributed by atoms with Crippen LogP contribution in [0.2, 0.25) is 0 Å². The molecule has 0 saturated carbocycles. The molecule has 1 aliphatic rings. The van der Waals surface area contributed by atoms with Crippen LogP contribution >= 0.6 is 0 Å². The lowest BCUT2D eigenvalue weighted by molar-refractivity contribution is -0.146. The van der Waals surface area contributed by atoms with Gasteiger partial charge in [0.2, 0.25) is 5.91 Å². The molecular weight excluding hydrogens is 262 g/mol. The molecule has 6 heteroatoms. The summed E-state index contributed by atoms with van der Waals surface area (Å²) in [4.78, 5) is 22.7. The second-order valence-electron chi connectivity index (χ2n) is 4.58. The lowest BCUT2D eigenvalue weighted by Gasteiger charge is -2.10. The van der Waals surface area contributed by atoms with Crippen LogP contribution in [0.3, 0.4) is 0 Å². The molecule has 0 radical (unpaired) electrons. The van der Waals surface area contributed by atoms with Crippen molar-refractivity contribution in [3.63, 3.8) is 0 Å². The Labute approximate surface area is 116 Å². The number of nitrogens with one attached hydrogen (secondary N) is 1. The normalized spacial score (nSPS) is 17.6. The van der Waals surface area contributed by atoms with Crippen LogP contribution < -0.4 is 10.1 Å². The fourth-order valence-electron chi connectivity index (χ4n) is 2.04. The maximum absolute atomic E-state index is 11.7. The Morgan fingerprint density at radius 1 is 1.50 bits per heavy atom. The van der Waals surface area contributed by atoms with Crippen molar-refractivity contribution in [1.82, 2.24) is 5.32 Å². The van der Waals surface area contributed by atoms with E-state index in [-0.39, 0.29) is 18.3 Å². The summed E-state index contributed by atoms with van der Waals surface area (Å²) < 4.78 is 10.1. The predicted molar refractivity (Wildman–Crippen MR) is 70.5 cm³/mol. The van der Waals surface area contributed by atoms with Gasteiger partial charge in [0.15, 0.2) is 11.5 Å². The zero-order valence-electron chi connectivity index (χ0n) is 11.2. The number of phenols is 1. The van der Waals surface area contributed by atoms with E-state index in [9.17, 15) is 14.7 Å². The smallest absolute Gasteiger partial charge is 0.328 e. The molecule has 0 bridgehead atoms. The highest BCUT2D eigenvalue weighted by molar-refractivity contribution is 5.88. The second-order valence-corrected chi connectivity index (χ2v) is 4.58. The van der Waals surface area contributed by atoms with E-state index < -0.39 is 12.0 Å². The minimum Gasteiger partial charge on any atom is -0.504 e. The third kappa shape index (κ3) is 3.40. The summed E-state index contributed by atoms with van der Waals surface area (Å²) in [5, 5.41) is 12.0. The first-order valence-electron chi connectivity index (χ1n) is 6.42. The molecule has 1 aromatic rings. The van der Waals surface area contributed by atoms with Gasteiger partial charge in [0, 0.05) is 12.8 Å². The quantitative estimate of drug-likeness (QED) is 0.777. The average Bonchev–Trinajstić information content (AvgIpc) is 2.87. The molecular formula is C14H17NO5. The van der Waals surface area contributed by atoms with Crippen molar-refractivity contribution >= 4 is 11.9 Å². The van der Waals surface area contributed by atoms with E-state index >= 15 is 0 Å². The Kier molecular flexibility index (Phi) is 4.45. The van der Waals surface area contributed by atoms with Gasteiger partial charge >= 0.3 is 5.97 Å². The van der Waals surface area contributed by atoms with Crippen molar-refractivity contribution in [2.24, 2.45) is 0 Å². The lowest BCUT2D eigenvalue weighted by Crippen LogP contribution is -2.34. The second kappa shape index (κ2) is 6.27. The largest absolute Gasteiger partial charge is 0.504 e. The Hall–Kier alpha value is -2.24. The molecule has 0 aliphatic carbocycles. The van der Waals surface area contributed by atoms with E-state index in [4.69, 9.17) is 9.47 Å². The summed E-state index contributed by atoms with van der Waals surface area (Å²) in [6.07, 6.45) is 1.38. The first kappa shape index (κ1) is 14.2. The highest BCUT2D eigenvalue weighted by Crippen LogP contribution is 2.26. The first-order chi connectivity index (χ1) is 9.60. The third-order valence-electron chi connectivity index (χ3n) is 3.16. The SMILES string of the molecule is COc1cc(CCOC(=O)C2CCC(=O)N2)ccc1O. The molecule has 1 amide bonds. The van der Waals surface area contributed by atoms with E-state index in [1.54, 1.807) is 12.1 Å². The Morgan fingerprint density at radius 3 is 2.95 bits per heavy atom. The number of phenolic OH excluding ortho intramolecular Hbond substituents is 1. The number of hydrogen-bond donors (Lipinski definition) is 2. The Balaban J connectivity index is 1.81. The van der Waals surface area contributed by atoms with E-state index in [1.807, 2.05) is 0 Å². The van der Waals surface area contributed by atoms with Crippen molar-refractivity contribution in [2.75, 3.05) is 13.7 Å². The van der Waals surface area contributed by atoms with E-state index in [0.29, 0.717) is 25.0 Å². The fourth-order valence-corrected chi connectivity index (χ4v) is 2.04. The van der Waals surface area contributed by atoms with Crippen molar-refractivity contribution in [1.29, 1.82) is 0 Å². The van der Waals surface area contributed by atoms with E-state index in [1.165, 1.54) is 13.2 Å². The number of ether oxygens (including phenoxy) is 2. The third-order valence-corrected chi connectivity index (χ3v) is 3.16. The number of rotatable bonds is 5. The maximum atomic E-state index is 11.7. The number of aromatic hydroxyl groups is 1. The molecule has 1 aromatic carbocycles. The molecule has 0 spiro atoms. The van der Waals surface area contributed by atoms with Crippen LogP contribution in [0.15, 0.2) is 18.2 Å². The van der Waals surface area contributed by atoms with Gasteiger partial charge in [-0.3, -0.25) is 4.79 Å². The minimum atomic E-state index is -0.517. The zero-order valence-corrected chi connectivity index (χ0v) is 11.2. The number of carbonyl (C=O) groups excluding carboxylic acids is 2. The summed E-state index contributed by atoms with van der Waals surface area (Å²) in [7, 11) is 1.47. The van der Waals surface area contributed by atoms with Crippen molar-refractivity contribution < 1.29 is 24.2 Å². The van der Waals surface area contributed by atoms with Crippen LogP contribution in [0, 0.1) is 0 Å². The number of hydrogen-bond acceptors (Lipinski definition) is 5. The molecule has 1 unspecified atom stereocenters. The molecule has 20 heavy (non-hydrogen) atoms. The summed E-state index contributed by atoms with van der Waals surface area (Å²) >= 11 is 0. The molecule has 1 fully saturated rings. The predicted octanol–water partition coefficient (Wildman–Crippen LogP) is 0.765. The summed E-state index contributed by atoms with van der Waals surface area (Å²) in [5.74, 6) is -0.0596. The maximum Gasteiger partial charge on any atom is 0.328 e. The number of esters is 1. The summed E-state index contributed by atoms with van der Waals surface area (Å²) in [6.45, 7) is 0.221. The van der Waals surface area contributed by atoms with Crippen molar-refractivity contribution in [3.8, 4) is 11.5 Å². The highest BCUT2D eigenvalue weighted by atomic mass is 16.5. The molecule has 1 aliphatic heterocycles. The Bertz CT molecular complexity index is 514. The topological polar surface area (TPSA) is 84.9 Å². The zero-order chi connectivity index (χ0) is 14.5. The molecule has 1 heterocycles. The molecule has 2 N–H and O–H groups in total. The standard InChI is InChI=1S/C14H17NO5/c1-19-12-8-9(2-4-11(12)16)6-7-20-14(18)10-3-5-13(17)15-10/h2,4,8,10,16H,3,5-7H2,1H3,(H,15,17). The molecule has 1 atom stereocenters. The van der Waals surface area contributed by atoms with Crippen molar-refractivity contribution in [2.45, 2.75) is 25.3 Å². The number of amides is 1. The van der Waals surface area contributed by atoms with E-state index in [2.05, 4.69) is 5.32 Å². The fraction of sp³-hybridized carbons (Fsp3) is 0.429. The van der Waals surface area contributed by atoms with Gasteiger partial charge in [0.05, 0.1) is 13.7 Å². The van der Waals surface area contributed by atoms with Crippen LogP contribution in [-0.2, 0) is 20.7 Å². The Morgan fingerprint density at radius 2 is 2.30 bits per heavy atom.